The predicted molar refractivity (Wildman–Crippen MR) is 99.7 cm³/mol. The van der Waals surface area contributed by atoms with Gasteiger partial charge in [-0.15, -0.1) is 0 Å². The molecule has 1 heterocycles. The lowest BCUT2D eigenvalue weighted by molar-refractivity contribution is -0.117. The summed E-state index contributed by atoms with van der Waals surface area (Å²) in [5.74, 6) is -0.374. The number of halogens is 1. The van der Waals surface area contributed by atoms with Gasteiger partial charge in [-0.3, -0.25) is 14.7 Å². The van der Waals surface area contributed by atoms with E-state index in [-0.39, 0.29) is 5.69 Å². The van der Waals surface area contributed by atoms with Gasteiger partial charge in [0.1, 0.15) is 11.8 Å². The average molecular weight is 373 g/mol. The Balaban J connectivity index is 1.71. The minimum Gasteiger partial charge on any atom is -0.495 e. The van der Waals surface area contributed by atoms with Crippen LogP contribution in [0.5, 0.6) is 5.75 Å². The first-order valence-electron chi connectivity index (χ1n) is 7.88. The Kier molecular flexibility index (Phi) is 5.09. The fourth-order valence-electron chi connectivity index (χ4n) is 2.49. The molecule has 0 aliphatic heterocycles. The number of amides is 2. The first kappa shape index (κ1) is 17.8. The Morgan fingerprint density at radius 2 is 2.00 bits per heavy atom. The lowest BCUT2D eigenvalue weighted by Gasteiger charge is -2.15. The molecule has 0 saturated carbocycles. The number of anilines is 1. The highest BCUT2D eigenvalue weighted by Gasteiger charge is 2.21. The van der Waals surface area contributed by atoms with Gasteiger partial charge in [-0.25, -0.2) is 0 Å². The van der Waals surface area contributed by atoms with Gasteiger partial charge in [0.25, 0.3) is 5.91 Å². The maximum Gasteiger partial charge on any atom is 0.273 e. The molecular weight excluding hydrogens is 356 g/mol. The van der Waals surface area contributed by atoms with Crippen LogP contribution in [0.15, 0.2) is 42.5 Å². The van der Waals surface area contributed by atoms with Crippen molar-refractivity contribution in [2.75, 3.05) is 12.4 Å². The smallest absolute Gasteiger partial charge is 0.273 e. The van der Waals surface area contributed by atoms with Crippen molar-refractivity contribution in [3.05, 3.63) is 53.2 Å². The fraction of sp³-hybridized carbons (Fsp3) is 0.167. The lowest BCUT2D eigenvalue weighted by atomic mass is 10.2. The number of nitrogens with zero attached hydrogens (tertiary/aromatic N) is 1. The maximum absolute atomic E-state index is 12.4. The van der Waals surface area contributed by atoms with Crippen molar-refractivity contribution in [2.24, 2.45) is 0 Å². The Morgan fingerprint density at radius 3 is 2.77 bits per heavy atom. The number of carbonyl (C=O) groups is 2. The standard InChI is InChI=1S/C18H17ClN4O3/c1-10(17(24)21-14-9-11(19)7-8-15(14)26-2)20-18(25)16-12-5-3-4-6-13(12)22-23-16/h3-10H,1-2H3,(H,20,25)(H,21,24)(H,22,23). The van der Waals surface area contributed by atoms with Crippen LogP contribution in [-0.4, -0.2) is 35.2 Å². The SMILES string of the molecule is COc1ccc(Cl)cc1NC(=O)C(C)NC(=O)c1n[nH]c2ccccc12. The Bertz CT molecular complexity index is 970. The van der Waals surface area contributed by atoms with Crippen LogP contribution in [0.1, 0.15) is 17.4 Å². The van der Waals surface area contributed by atoms with Crippen molar-refractivity contribution in [1.29, 1.82) is 0 Å². The zero-order valence-corrected chi connectivity index (χ0v) is 14.9. The number of benzene rings is 2. The van der Waals surface area contributed by atoms with Crippen molar-refractivity contribution < 1.29 is 14.3 Å². The summed E-state index contributed by atoms with van der Waals surface area (Å²) in [5, 5.41) is 13.3. The number of fused-ring (bicyclic) bond motifs is 1. The molecule has 0 aliphatic carbocycles. The van der Waals surface area contributed by atoms with E-state index >= 15 is 0 Å². The van der Waals surface area contributed by atoms with Gasteiger partial charge in [0.15, 0.2) is 5.69 Å². The van der Waals surface area contributed by atoms with Crippen molar-refractivity contribution in [1.82, 2.24) is 15.5 Å². The minimum atomic E-state index is -0.790. The number of nitrogens with one attached hydrogen (secondary N) is 3. The topological polar surface area (TPSA) is 96.1 Å². The maximum atomic E-state index is 12.4. The van der Waals surface area contributed by atoms with Crippen LogP contribution in [0.2, 0.25) is 5.02 Å². The van der Waals surface area contributed by atoms with Gasteiger partial charge < -0.3 is 15.4 Å². The molecule has 3 aromatic rings. The molecule has 0 saturated heterocycles. The largest absolute Gasteiger partial charge is 0.495 e. The Morgan fingerprint density at radius 1 is 1.23 bits per heavy atom. The second-order valence-corrected chi connectivity index (χ2v) is 6.08. The van der Waals surface area contributed by atoms with E-state index < -0.39 is 17.9 Å². The van der Waals surface area contributed by atoms with E-state index in [1.807, 2.05) is 18.2 Å². The molecule has 0 bridgehead atoms. The molecule has 1 aromatic heterocycles. The summed E-state index contributed by atoms with van der Waals surface area (Å²) in [5.41, 5.74) is 1.41. The summed E-state index contributed by atoms with van der Waals surface area (Å²) in [7, 11) is 1.49. The lowest BCUT2D eigenvalue weighted by Crippen LogP contribution is -2.41. The van der Waals surface area contributed by atoms with Crippen LogP contribution in [0.4, 0.5) is 5.69 Å². The molecule has 8 heteroatoms. The van der Waals surface area contributed by atoms with Gasteiger partial charge in [0, 0.05) is 10.4 Å². The number of H-pyrrole nitrogens is 1. The zero-order valence-electron chi connectivity index (χ0n) is 14.2. The second-order valence-electron chi connectivity index (χ2n) is 5.65. The first-order chi connectivity index (χ1) is 12.5. The van der Waals surface area contributed by atoms with E-state index in [1.54, 1.807) is 31.2 Å². The summed E-state index contributed by atoms with van der Waals surface area (Å²) in [6, 6.07) is 11.4. The molecule has 0 radical (unpaired) electrons. The Hall–Kier alpha value is -3.06. The second kappa shape index (κ2) is 7.45. The van der Waals surface area contributed by atoms with Gasteiger partial charge in [-0.2, -0.15) is 5.10 Å². The summed E-state index contributed by atoms with van der Waals surface area (Å²) >= 11 is 5.96. The van der Waals surface area contributed by atoms with E-state index in [0.717, 1.165) is 5.52 Å². The molecule has 3 rings (SSSR count). The molecule has 7 nitrogen and oxygen atoms in total. The predicted octanol–water partition coefficient (Wildman–Crippen LogP) is 2.98. The first-order valence-corrected chi connectivity index (χ1v) is 8.25. The quantitative estimate of drug-likeness (QED) is 0.641. The number of hydrogen-bond donors (Lipinski definition) is 3. The van der Waals surface area contributed by atoms with E-state index in [1.165, 1.54) is 7.11 Å². The van der Waals surface area contributed by atoms with Crippen LogP contribution >= 0.6 is 11.6 Å². The van der Waals surface area contributed by atoms with Crippen molar-refractivity contribution >= 4 is 40.0 Å². The monoisotopic (exact) mass is 372 g/mol. The van der Waals surface area contributed by atoms with Gasteiger partial charge in [0.2, 0.25) is 5.91 Å². The number of aromatic nitrogens is 2. The Labute approximate surface area is 154 Å². The highest BCUT2D eigenvalue weighted by molar-refractivity contribution is 6.31. The third-order valence-electron chi connectivity index (χ3n) is 3.85. The highest BCUT2D eigenvalue weighted by atomic mass is 35.5. The van der Waals surface area contributed by atoms with E-state index in [0.29, 0.717) is 21.8 Å². The highest BCUT2D eigenvalue weighted by Crippen LogP contribution is 2.27. The van der Waals surface area contributed by atoms with Crippen LogP contribution in [0, 0.1) is 0 Å². The van der Waals surface area contributed by atoms with Crippen molar-refractivity contribution in [2.45, 2.75) is 13.0 Å². The van der Waals surface area contributed by atoms with Crippen LogP contribution in [0.25, 0.3) is 10.9 Å². The summed E-state index contributed by atoms with van der Waals surface area (Å²) in [6.45, 7) is 1.58. The molecule has 2 aromatic carbocycles. The minimum absolute atomic E-state index is 0.237. The summed E-state index contributed by atoms with van der Waals surface area (Å²) in [4.78, 5) is 24.9. The number of methoxy groups -OCH3 is 1. The zero-order chi connectivity index (χ0) is 18.7. The molecule has 1 atom stereocenters. The molecule has 3 N–H and O–H groups in total. The number of aromatic amines is 1. The van der Waals surface area contributed by atoms with Gasteiger partial charge in [0.05, 0.1) is 18.3 Å². The molecule has 1 unspecified atom stereocenters. The van der Waals surface area contributed by atoms with Crippen molar-refractivity contribution in [3.8, 4) is 5.75 Å². The van der Waals surface area contributed by atoms with Gasteiger partial charge >= 0.3 is 0 Å². The molecule has 26 heavy (non-hydrogen) atoms. The molecule has 2 amide bonds. The number of para-hydroxylation sites is 1. The molecule has 0 aliphatic rings. The number of rotatable bonds is 5. The van der Waals surface area contributed by atoms with Gasteiger partial charge in [-0.05, 0) is 31.2 Å². The van der Waals surface area contributed by atoms with E-state index in [4.69, 9.17) is 16.3 Å². The number of carbonyl (C=O) groups excluding carboxylic acids is 2. The molecular formula is C18H17ClN4O3. The average Bonchev–Trinajstić information content (AvgIpc) is 3.06. The van der Waals surface area contributed by atoms with Gasteiger partial charge in [-0.1, -0.05) is 29.8 Å². The van der Waals surface area contributed by atoms with E-state index in [9.17, 15) is 9.59 Å². The molecule has 0 fully saturated rings. The van der Waals surface area contributed by atoms with E-state index in [2.05, 4.69) is 20.8 Å². The molecule has 134 valence electrons. The summed E-state index contributed by atoms with van der Waals surface area (Å²) < 4.78 is 5.19. The summed E-state index contributed by atoms with van der Waals surface area (Å²) in [6.07, 6.45) is 0. The van der Waals surface area contributed by atoms with Crippen molar-refractivity contribution in [3.63, 3.8) is 0 Å². The number of hydrogen-bond acceptors (Lipinski definition) is 4. The third kappa shape index (κ3) is 3.62. The van der Waals surface area contributed by atoms with Crippen LogP contribution in [-0.2, 0) is 4.79 Å². The van der Waals surface area contributed by atoms with Crippen LogP contribution < -0.4 is 15.4 Å². The molecule has 0 spiro atoms. The fourth-order valence-corrected chi connectivity index (χ4v) is 2.66. The normalized spacial score (nSPS) is 11.8. The van der Waals surface area contributed by atoms with Crippen LogP contribution in [0.3, 0.4) is 0 Å². The third-order valence-corrected chi connectivity index (χ3v) is 4.08. The number of ether oxygens (including phenoxy) is 1.